The van der Waals surface area contributed by atoms with Gasteiger partial charge in [0.25, 0.3) is 0 Å². The molecule has 0 bridgehead atoms. The molecule has 7 nitrogen and oxygen atoms in total. The second-order valence-corrected chi connectivity index (χ2v) is 5.53. The first-order valence-corrected chi connectivity index (χ1v) is 7.58. The average Bonchev–Trinajstić information content (AvgIpc) is 3.21. The zero-order valence-corrected chi connectivity index (χ0v) is 13.2. The van der Waals surface area contributed by atoms with E-state index in [4.69, 9.17) is 9.26 Å². The number of rotatable bonds is 5. The third-order valence-electron chi connectivity index (χ3n) is 3.74. The van der Waals surface area contributed by atoms with Crippen LogP contribution in [0, 0.1) is 6.92 Å². The third-order valence-corrected chi connectivity index (χ3v) is 3.74. The van der Waals surface area contributed by atoms with E-state index in [1.807, 2.05) is 0 Å². The van der Waals surface area contributed by atoms with Crippen molar-refractivity contribution >= 4 is 23.3 Å². The van der Waals surface area contributed by atoms with E-state index < -0.39 is 5.97 Å². The van der Waals surface area contributed by atoms with E-state index in [9.17, 15) is 14.4 Å². The van der Waals surface area contributed by atoms with E-state index >= 15 is 0 Å². The molecule has 0 spiro atoms. The van der Waals surface area contributed by atoms with Gasteiger partial charge in [0.15, 0.2) is 12.4 Å². The predicted molar refractivity (Wildman–Crippen MR) is 83.9 cm³/mol. The maximum absolute atomic E-state index is 12.1. The zero-order valence-electron chi connectivity index (χ0n) is 13.2. The fourth-order valence-corrected chi connectivity index (χ4v) is 2.49. The fraction of sp³-hybridized carbons (Fsp3) is 0.294. The standard InChI is InChI=1S/C17H16N2O5/c1-11-9-15(24-18-11)17(22)23-10-14(20)12-4-6-13(7-5-12)19-8-2-3-16(19)21/h4-7,9H,2-3,8,10H2,1H3. The number of amides is 1. The van der Waals surface area contributed by atoms with E-state index in [1.165, 1.54) is 6.07 Å². The van der Waals surface area contributed by atoms with Crippen molar-refractivity contribution in [2.24, 2.45) is 0 Å². The first kappa shape index (κ1) is 15.9. The molecule has 1 aliphatic rings. The number of anilines is 1. The van der Waals surface area contributed by atoms with Crippen molar-refractivity contribution in [2.75, 3.05) is 18.1 Å². The second-order valence-electron chi connectivity index (χ2n) is 5.53. The number of nitrogens with zero attached hydrogens (tertiary/aromatic N) is 2. The lowest BCUT2D eigenvalue weighted by Crippen LogP contribution is -2.23. The molecule has 124 valence electrons. The summed E-state index contributed by atoms with van der Waals surface area (Å²) in [6.45, 7) is 1.99. The lowest BCUT2D eigenvalue weighted by molar-refractivity contribution is -0.117. The molecule has 0 atom stereocenters. The van der Waals surface area contributed by atoms with Gasteiger partial charge in [-0.25, -0.2) is 4.79 Å². The summed E-state index contributed by atoms with van der Waals surface area (Å²) < 4.78 is 9.69. The first-order chi connectivity index (χ1) is 11.5. The minimum absolute atomic E-state index is 0.0387. The monoisotopic (exact) mass is 328 g/mol. The Morgan fingerprint density at radius 3 is 2.62 bits per heavy atom. The summed E-state index contributed by atoms with van der Waals surface area (Å²) in [6.07, 6.45) is 1.40. The molecule has 0 aliphatic carbocycles. The molecule has 7 heteroatoms. The number of ketones is 1. The number of Topliss-reactive ketones (excluding diaryl/α,β-unsaturated/α-hetero) is 1. The van der Waals surface area contributed by atoms with Crippen LogP contribution in [0.1, 0.15) is 39.4 Å². The Hall–Kier alpha value is -2.96. The van der Waals surface area contributed by atoms with Crippen molar-refractivity contribution in [3.63, 3.8) is 0 Å². The molecule has 0 N–H and O–H groups in total. The van der Waals surface area contributed by atoms with Crippen molar-refractivity contribution in [1.82, 2.24) is 5.16 Å². The molecule has 1 aromatic carbocycles. The summed E-state index contributed by atoms with van der Waals surface area (Å²) in [6, 6.07) is 8.12. The highest BCUT2D eigenvalue weighted by atomic mass is 16.6. The fourth-order valence-electron chi connectivity index (χ4n) is 2.49. The van der Waals surface area contributed by atoms with Gasteiger partial charge in [0.1, 0.15) is 0 Å². The molecule has 2 heterocycles. The summed E-state index contributed by atoms with van der Waals surface area (Å²) in [4.78, 5) is 37.2. The maximum atomic E-state index is 12.1. The van der Waals surface area contributed by atoms with Crippen LogP contribution >= 0.6 is 0 Å². The Bertz CT molecular complexity index is 779. The van der Waals surface area contributed by atoms with Gasteiger partial charge in [-0.3, -0.25) is 9.59 Å². The van der Waals surface area contributed by atoms with Crippen molar-refractivity contribution in [2.45, 2.75) is 19.8 Å². The number of carbonyl (C=O) groups is 3. The molecule has 2 aromatic rings. The van der Waals surface area contributed by atoms with Crippen LogP contribution in [0.15, 0.2) is 34.9 Å². The lowest BCUT2D eigenvalue weighted by Gasteiger charge is -2.15. The molecule has 1 fully saturated rings. The molecule has 3 rings (SSSR count). The van der Waals surface area contributed by atoms with Crippen LogP contribution in [-0.4, -0.2) is 36.0 Å². The van der Waals surface area contributed by atoms with Gasteiger partial charge in [-0.1, -0.05) is 5.16 Å². The second kappa shape index (κ2) is 6.66. The number of hydrogen-bond acceptors (Lipinski definition) is 6. The highest BCUT2D eigenvalue weighted by molar-refractivity contribution is 6.00. The van der Waals surface area contributed by atoms with Crippen LogP contribution < -0.4 is 4.90 Å². The highest BCUT2D eigenvalue weighted by Gasteiger charge is 2.22. The number of aromatic nitrogens is 1. The largest absolute Gasteiger partial charge is 0.451 e. The minimum atomic E-state index is -0.733. The lowest BCUT2D eigenvalue weighted by atomic mass is 10.1. The van der Waals surface area contributed by atoms with Crippen LogP contribution in [0.25, 0.3) is 0 Å². The van der Waals surface area contributed by atoms with Gasteiger partial charge in [0, 0.05) is 30.3 Å². The molecular weight excluding hydrogens is 312 g/mol. The topological polar surface area (TPSA) is 89.7 Å². The Morgan fingerprint density at radius 1 is 1.29 bits per heavy atom. The van der Waals surface area contributed by atoms with Crippen LogP contribution in [0.5, 0.6) is 0 Å². The minimum Gasteiger partial charge on any atom is -0.451 e. The van der Waals surface area contributed by atoms with Crippen LogP contribution in [-0.2, 0) is 9.53 Å². The average molecular weight is 328 g/mol. The number of carbonyl (C=O) groups excluding carboxylic acids is 3. The predicted octanol–water partition coefficient (Wildman–Crippen LogP) is 2.15. The van der Waals surface area contributed by atoms with Gasteiger partial charge in [0.05, 0.1) is 5.69 Å². The third kappa shape index (κ3) is 3.34. The van der Waals surface area contributed by atoms with E-state index in [1.54, 1.807) is 36.1 Å². The van der Waals surface area contributed by atoms with Gasteiger partial charge >= 0.3 is 5.97 Å². The Balaban J connectivity index is 1.59. The molecule has 0 radical (unpaired) electrons. The highest BCUT2D eigenvalue weighted by Crippen LogP contribution is 2.21. The summed E-state index contributed by atoms with van der Waals surface area (Å²) in [5.41, 5.74) is 1.73. The SMILES string of the molecule is Cc1cc(C(=O)OCC(=O)c2ccc(N3CCCC3=O)cc2)on1. The summed E-state index contributed by atoms with van der Waals surface area (Å²) in [5.74, 6) is -1.02. The number of ether oxygens (including phenoxy) is 1. The van der Waals surface area contributed by atoms with Crippen LogP contribution in [0.3, 0.4) is 0 Å². The summed E-state index contributed by atoms with van der Waals surface area (Å²) >= 11 is 0. The molecule has 1 aliphatic heterocycles. The van der Waals surface area contributed by atoms with E-state index in [-0.39, 0.29) is 24.1 Å². The van der Waals surface area contributed by atoms with Crippen molar-refractivity contribution in [3.8, 4) is 0 Å². The number of benzene rings is 1. The molecular formula is C17H16N2O5. The van der Waals surface area contributed by atoms with Crippen molar-refractivity contribution in [1.29, 1.82) is 0 Å². The van der Waals surface area contributed by atoms with E-state index in [0.29, 0.717) is 24.2 Å². The molecule has 1 saturated heterocycles. The summed E-state index contributed by atoms with van der Waals surface area (Å²) in [7, 11) is 0. The van der Waals surface area contributed by atoms with Crippen molar-refractivity contribution < 1.29 is 23.6 Å². The number of esters is 1. The smallest absolute Gasteiger partial charge is 0.377 e. The van der Waals surface area contributed by atoms with Gasteiger partial charge in [-0.2, -0.15) is 0 Å². The van der Waals surface area contributed by atoms with Gasteiger partial charge in [0.2, 0.25) is 11.7 Å². The maximum Gasteiger partial charge on any atom is 0.377 e. The molecule has 1 aromatic heterocycles. The quantitative estimate of drug-likeness (QED) is 0.617. The van der Waals surface area contributed by atoms with Gasteiger partial charge in [-0.05, 0) is 37.6 Å². The molecule has 1 amide bonds. The Morgan fingerprint density at radius 2 is 2.04 bits per heavy atom. The Labute approximate surface area is 138 Å². The Kier molecular flexibility index (Phi) is 4.41. The number of aryl methyl sites for hydroxylation is 1. The van der Waals surface area contributed by atoms with Crippen LogP contribution in [0.2, 0.25) is 0 Å². The molecule has 0 unspecified atom stereocenters. The van der Waals surface area contributed by atoms with Crippen LogP contribution in [0.4, 0.5) is 5.69 Å². The molecule has 0 saturated carbocycles. The van der Waals surface area contributed by atoms with E-state index in [2.05, 4.69) is 5.16 Å². The number of hydrogen-bond donors (Lipinski definition) is 0. The van der Waals surface area contributed by atoms with Crippen molar-refractivity contribution in [3.05, 3.63) is 47.3 Å². The normalized spacial score (nSPS) is 14.0. The molecule has 24 heavy (non-hydrogen) atoms. The van der Waals surface area contributed by atoms with E-state index in [0.717, 1.165) is 12.1 Å². The zero-order chi connectivity index (χ0) is 17.1. The first-order valence-electron chi connectivity index (χ1n) is 7.58. The van der Waals surface area contributed by atoms with Gasteiger partial charge < -0.3 is 14.2 Å². The summed E-state index contributed by atoms with van der Waals surface area (Å²) in [5, 5.41) is 3.58. The van der Waals surface area contributed by atoms with Gasteiger partial charge in [-0.15, -0.1) is 0 Å².